The molecule has 0 aromatic heterocycles. The van der Waals surface area contributed by atoms with Gasteiger partial charge in [-0.15, -0.1) is 0 Å². The molecule has 3 atom stereocenters. The zero-order chi connectivity index (χ0) is 26.0. The maximum absolute atomic E-state index is 13.5. The summed E-state index contributed by atoms with van der Waals surface area (Å²) in [7, 11) is 1.87. The molecular formula is C32H32BrNO3. The molecule has 0 radical (unpaired) electrons. The van der Waals surface area contributed by atoms with E-state index in [0.717, 1.165) is 32.5 Å². The van der Waals surface area contributed by atoms with Crippen LogP contribution in [0.1, 0.15) is 47.6 Å². The van der Waals surface area contributed by atoms with E-state index in [-0.39, 0.29) is 24.3 Å². The molecule has 5 heteroatoms. The van der Waals surface area contributed by atoms with Crippen LogP contribution >= 0.6 is 15.9 Å². The van der Waals surface area contributed by atoms with Crippen LogP contribution in [0.3, 0.4) is 0 Å². The van der Waals surface area contributed by atoms with Crippen molar-refractivity contribution in [2.24, 2.45) is 0 Å². The van der Waals surface area contributed by atoms with Crippen molar-refractivity contribution in [2.45, 2.75) is 38.0 Å². The number of esters is 1. The van der Waals surface area contributed by atoms with Crippen molar-refractivity contribution in [1.29, 1.82) is 0 Å². The average Bonchev–Trinajstić information content (AvgIpc) is 2.95. The first kappa shape index (κ1) is 26.6. The number of carbonyl (C=O) groups excluding carboxylic acids is 1. The maximum atomic E-state index is 13.5. The molecule has 0 aliphatic heterocycles. The fourth-order valence-corrected chi connectivity index (χ4v) is 4.74. The quantitative estimate of drug-likeness (QED) is 0.194. The summed E-state index contributed by atoms with van der Waals surface area (Å²) in [6.45, 7) is 2.46. The van der Waals surface area contributed by atoms with Crippen LogP contribution in [0.15, 0.2) is 114 Å². The van der Waals surface area contributed by atoms with Gasteiger partial charge in [0.25, 0.3) is 0 Å². The molecule has 0 spiro atoms. The third-order valence-electron chi connectivity index (χ3n) is 6.45. The minimum absolute atomic E-state index is 0.0443. The van der Waals surface area contributed by atoms with E-state index in [0.29, 0.717) is 6.61 Å². The van der Waals surface area contributed by atoms with Gasteiger partial charge in [-0.1, -0.05) is 107 Å². The molecule has 4 aromatic rings. The van der Waals surface area contributed by atoms with Gasteiger partial charge in [0.1, 0.15) is 18.5 Å². The highest BCUT2D eigenvalue weighted by Gasteiger charge is 2.27. The van der Waals surface area contributed by atoms with E-state index in [4.69, 9.17) is 9.47 Å². The van der Waals surface area contributed by atoms with Gasteiger partial charge >= 0.3 is 5.97 Å². The Labute approximate surface area is 227 Å². The number of nitrogens with one attached hydrogen (secondary N) is 1. The summed E-state index contributed by atoms with van der Waals surface area (Å²) in [5.74, 6) is 0.244. The fraction of sp³-hybridized carbons (Fsp3) is 0.219. The number of halogens is 1. The summed E-state index contributed by atoms with van der Waals surface area (Å²) in [6, 6.07) is 35.9. The lowest BCUT2D eigenvalue weighted by molar-refractivity contribution is -0.151. The lowest BCUT2D eigenvalue weighted by Crippen LogP contribution is -2.32. The van der Waals surface area contributed by atoms with E-state index >= 15 is 0 Å². The standard InChI is InChI=1S/C32H32BrNO3/c1-23(34-2)32(26-16-10-5-11-17-26)37-31(35)21-28(25-14-8-4-9-15-25)29-20-27(33)18-19-30(29)36-22-24-12-6-3-7-13-24/h3-20,23,28,32,34H,21-22H2,1-2H3/t23?,28-,32?/m1/s1. The van der Waals surface area contributed by atoms with Crippen LogP contribution in [0.4, 0.5) is 0 Å². The van der Waals surface area contributed by atoms with Gasteiger partial charge < -0.3 is 14.8 Å². The molecule has 0 bridgehead atoms. The molecule has 0 aliphatic carbocycles. The van der Waals surface area contributed by atoms with Crippen LogP contribution < -0.4 is 10.1 Å². The molecule has 0 amide bonds. The van der Waals surface area contributed by atoms with Crippen molar-refractivity contribution in [3.8, 4) is 5.75 Å². The van der Waals surface area contributed by atoms with E-state index in [1.54, 1.807) is 0 Å². The highest BCUT2D eigenvalue weighted by atomic mass is 79.9. The monoisotopic (exact) mass is 557 g/mol. The largest absolute Gasteiger partial charge is 0.489 e. The highest BCUT2D eigenvalue weighted by molar-refractivity contribution is 9.10. The summed E-state index contributed by atoms with van der Waals surface area (Å²) in [5, 5.41) is 3.23. The summed E-state index contributed by atoms with van der Waals surface area (Å²) >= 11 is 3.62. The van der Waals surface area contributed by atoms with Gasteiger partial charge in [0.2, 0.25) is 0 Å². The maximum Gasteiger partial charge on any atom is 0.307 e. The van der Waals surface area contributed by atoms with Gasteiger partial charge in [-0.25, -0.2) is 0 Å². The molecule has 4 rings (SSSR count). The van der Waals surface area contributed by atoms with Gasteiger partial charge in [0.05, 0.1) is 6.42 Å². The van der Waals surface area contributed by atoms with E-state index in [9.17, 15) is 4.79 Å². The Morgan fingerprint density at radius 1 is 0.838 bits per heavy atom. The molecule has 190 valence electrons. The molecule has 4 aromatic carbocycles. The first-order valence-corrected chi connectivity index (χ1v) is 13.3. The van der Waals surface area contributed by atoms with Crippen LogP contribution in [-0.2, 0) is 16.1 Å². The molecule has 4 nitrogen and oxygen atoms in total. The molecule has 0 saturated carbocycles. The second-order valence-corrected chi connectivity index (χ2v) is 9.94. The number of likely N-dealkylation sites (N-methyl/N-ethyl adjacent to an activating group) is 1. The number of hydrogen-bond acceptors (Lipinski definition) is 4. The first-order chi connectivity index (χ1) is 18.0. The molecule has 0 saturated heterocycles. The van der Waals surface area contributed by atoms with Crippen LogP contribution in [0.25, 0.3) is 0 Å². The molecule has 2 unspecified atom stereocenters. The van der Waals surface area contributed by atoms with Gasteiger partial charge in [0.15, 0.2) is 0 Å². The summed E-state index contributed by atoms with van der Waals surface area (Å²) in [4.78, 5) is 13.5. The van der Waals surface area contributed by atoms with Crippen molar-refractivity contribution >= 4 is 21.9 Å². The number of ether oxygens (including phenoxy) is 2. The zero-order valence-corrected chi connectivity index (χ0v) is 22.7. The van der Waals surface area contributed by atoms with Crippen molar-refractivity contribution in [3.63, 3.8) is 0 Å². The molecule has 1 N–H and O–H groups in total. The van der Waals surface area contributed by atoms with Crippen molar-refractivity contribution < 1.29 is 14.3 Å². The average molecular weight is 559 g/mol. The first-order valence-electron chi connectivity index (χ1n) is 12.5. The van der Waals surface area contributed by atoms with Gasteiger partial charge in [-0.05, 0) is 48.9 Å². The zero-order valence-electron chi connectivity index (χ0n) is 21.1. The Balaban J connectivity index is 1.63. The van der Waals surface area contributed by atoms with E-state index in [1.165, 1.54) is 0 Å². The van der Waals surface area contributed by atoms with Gasteiger partial charge in [-0.3, -0.25) is 4.79 Å². The Morgan fingerprint density at radius 3 is 2.05 bits per heavy atom. The Hall–Kier alpha value is -3.41. The number of benzene rings is 4. The minimum atomic E-state index is -0.397. The molecule has 37 heavy (non-hydrogen) atoms. The Morgan fingerprint density at radius 2 is 1.43 bits per heavy atom. The van der Waals surface area contributed by atoms with Crippen LogP contribution in [0.2, 0.25) is 0 Å². The Kier molecular flexibility index (Phi) is 9.52. The second kappa shape index (κ2) is 13.2. The predicted octanol–water partition coefficient (Wildman–Crippen LogP) is 7.44. The number of carbonyl (C=O) groups is 1. The van der Waals surface area contributed by atoms with Crippen LogP contribution in [0, 0.1) is 0 Å². The summed E-state index contributed by atoms with van der Waals surface area (Å²) < 4.78 is 13.3. The van der Waals surface area contributed by atoms with E-state index in [1.807, 2.05) is 123 Å². The topological polar surface area (TPSA) is 47.6 Å². The summed E-state index contributed by atoms with van der Waals surface area (Å²) in [6.07, 6.45) is -0.214. The van der Waals surface area contributed by atoms with Gasteiger partial charge in [0, 0.05) is 22.0 Å². The lowest BCUT2D eigenvalue weighted by Gasteiger charge is -2.26. The van der Waals surface area contributed by atoms with E-state index < -0.39 is 6.10 Å². The number of rotatable bonds is 11. The molecular weight excluding hydrogens is 526 g/mol. The van der Waals surface area contributed by atoms with Crippen LogP contribution in [-0.4, -0.2) is 19.1 Å². The predicted molar refractivity (Wildman–Crippen MR) is 152 cm³/mol. The fourth-order valence-electron chi connectivity index (χ4n) is 4.36. The highest BCUT2D eigenvalue weighted by Crippen LogP contribution is 2.37. The third kappa shape index (κ3) is 7.31. The smallest absolute Gasteiger partial charge is 0.307 e. The third-order valence-corrected chi connectivity index (χ3v) is 6.95. The molecule has 0 heterocycles. The Bertz CT molecular complexity index is 1270. The van der Waals surface area contributed by atoms with Crippen molar-refractivity contribution in [2.75, 3.05) is 7.05 Å². The van der Waals surface area contributed by atoms with E-state index in [2.05, 4.69) is 21.2 Å². The van der Waals surface area contributed by atoms with Gasteiger partial charge in [-0.2, -0.15) is 0 Å². The minimum Gasteiger partial charge on any atom is -0.489 e. The van der Waals surface area contributed by atoms with Crippen molar-refractivity contribution in [1.82, 2.24) is 5.32 Å². The SMILES string of the molecule is CNC(C)C(OC(=O)C[C@H](c1ccccc1)c1cc(Br)ccc1OCc1ccccc1)c1ccccc1. The lowest BCUT2D eigenvalue weighted by atomic mass is 9.88. The second-order valence-electron chi connectivity index (χ2n) is 9.02. The normalized spacial score (nSPS) is 13.4. The van der Waals surface area contributed by atoms with Crippen molar-refractivity contribution in [3.05, 3.63) is 136 Å². The molecule has 0 fully saturated rings. The number of hydrogen-bond donors (Lipinski definition) is 1. The summed E-state index contributed by atoms with van der Waals surface area (Å²) in [5.41, 5.74) is 4.01. The molecule has 0 aliphatic rings. The van der Waals surface area contributed by atoms with Crippen LogP contribution in [0.5, 0.6) is 5.75 Å².